The minimum Gasteiger partial charge on any atom is -0.490 e. The second-order valence-corrected chi connectivity index (χ2v) is 5.80. The van der Waals surface area contributed by atoms with Gasteiger partial charge in [0, 0.05) is 6.54 Å². The summed E-state index contributed by atoms with van der Waals surface area (Å²) >= 11 is 0. The lowest BCUT2D eigenvalue weighted by Crippen LogP contribution is -2.19. The van der Waals surface area contributed by atoms with E-state index in [-0.39, 0.29) is 5.69 Å². The molecule has 5 heteroatoms. The van der Waals surface area contributed by atoms with Crippen LogP contribution < -0.4 is 10.4 Å². The molecule has 1 N–H and O–H groups in total. The number of nitrogens with one attached hydrogen (secondary N) is 1. The number of hydrogen-bond donors (Lipinski definition) is 1. The number of fused-ring (bicyclic) bond motifs is 1. The van der Waals surface area contributed by atoms with Gasteiger partial charge in [0.05, 0.1) is 12.1 Å². The Hall–Kier alpha value is -2.53. The van der Waals surface area contributed by atoms with Crippen LogP contribution in [0.15, 0.2) is 53.3 Å². The van der Waals surface area contributed by atoms with Crippen molar-refractivity contribution in [1.82, 2.24) is 14.5 Å². The molecule has 0 saturated carbocycles. The van der Waals surface area contributed by atoms with Gasteiger partial charge in [-0.3, -0.25) is 4.57 Å². The molecule has 0 radical (unpaired) electrons. The van der Waals surface area contributed by atoms with E-state index in [4.69, 9.17) is 4.74 Å². The Morgan fingerprint density at radius 1 is 1.09 bits per heavy atom. The maximum absolute atomic E-state index is 12.3. The average Bonchev–Trinajstić information content (AvgIpc) is 2.85. The maximum atomic E-state index is 12.3. The lowest BCUT2D eigenvalue weighted by atomic mass is 10.2. The second kappa shape index (κ2) is 6.71. The van der Waals surface area contributed by atoms with Crippen LogP contribution in [-0.4, -0.2) is 41.7 Å². The summed E-state index contributed by atoms with van der Waals surface area (Å²) in [6.45, 7) is 1.95. The lowest BCUT2D eigenvalue weighted by molar-refractivity contribution is 0.263. The van der Waals surface area contributed by atoms with E-state index in [2.05, 4.69) is 9.88 Å². The number of para-hydroxylation sites is 1. The smallest absolute Gasteiger partial charge is 0.326 e. The number of aromatic nitrogens is 2. The Morgan fingerprint density at radius 2 is 1.87 bits per heavy atom. The van der Waals surface area contributed by atoms with Crippen molar-refractivity contribution in [3.05, 3.63) is 64.6 Å². The van der Waals surface area contributed by atoms with Crippen molar-refractivity contribution < 1.29 is 4.74 Å². The van der Waals surface area contributed by atoms with E-state index in [1.807, 2.05) is 62.6 Å². The fraction of sp³-hybridized carbons (Fsp3) is 0.278. The number of rotatable bonds is 6. The molecule has 3 rings (SSSR count). The van der Waals surface area contributed by atoms with Gasteiger partial charge >= 0.3 is 5.69 Å². The highest BCUT2D eigenvalue weighted by Crippen LogP contribution is 2.23. The predicted molar refractivity (Wildman–Crippen MR) is 92.2 cm³/mol. The second-order valence-electron chi connectivity index (χ2n) is 5.80. The quantitative estimate of drug-likeness (QED) is 0.760. The summed E-state index contributed by atoms with van der Waals surface area (Å²) < 4.78 is 7.56. The standard InChI is InChI=1S/C18H21N3O2/c1-20(2)11-12-23-16-10-6-9-15-17(16)19-18(22)21(15)13-14-7-4-3-5-8-14/h3-10H,11-13H2,1-2H3,(H,19,22). The molecule has 0 fully saturated rings. The molecule has 1 heterocycles. The van der Waals surface area contributed by atoms with E-state index in [0.717, 1.165) is 23.1 Å². The van der Waals surface area contributed by atoms with E-state index in [1.165, 1.54) is 0 Å². The van der Waals surface area contributed by atoms with Crippen LogP contribution in [0, 0.1) is 0 Å². The first kappa shape index (κ1) is 15.4. The first-order chi connectivity index (χ1) is 11.1. The summed E-state index contributed by atoms with van der Waals surface area (Å²) in [6.07, 6.45) is 0. The number of imidazole rings is 1. The van der Waals surface area contributed by atoms with Gasteiger partial charge in [-0.15, -0.1) is 0 Å². The van der Waals surface area contributed by atoms with Crippen LogP contribution in [0.2, 0.25) is 0 Å². The number of likely N-dealkylation sites (N-methyl/N-ethyl adjacent to an activating group) is 1. The zero-order valence-electron chi connectivity index (χ0n) is 13.5. The third-order valence-corrected chi connectivity index (χ3v) is 3.75. The molecule has 0 aliphatic carbocycles. The number of benzene rings is 2. The maximum Gasteiger partial charge on any atom is 0.326 e. The molecule has 1 aromatic heterocycles. The molecular weight excluding hydrogens is 290 g/mol. The van der Waals surface area contributed by atoms with Gasteiger partial charge in [0.2, 0.25) is 0 Å². The Labute approximate surface area is 135 Å². The van der Waals surface area contributed by atoms with Crippen LogP contribution in [0.4, 0.5) is 0 Å². The van der Waals surface area contributed by atoms with Crippen molar-refractivity contribution in [2.75, 3.05) is 27.2 Å². The van der Waals surface area contributed by atoms with Crippen molar-refractivity contribution >= 4 is 11.0 Å². The summed E-state index contributed by atoms with van der Waals surface area (Å²) in [7, 11) is 4.00. The first-order valence-corrected chi connectivity index (χ1v) is 7.68. The largest absolute Gasteiger partial charge is 0.490 e. The van der Waals surface area contributed by atoms with E-state index < -0.39 is 0 Å². The third kappa shape index (κ3) is 3.46. The topological polar surface area (TPSA) is 50.3 Å². The van der Waals surface area contributed by atoms with Crippen LogP contribution >= 0.6 is 0 Å². The fourth-order valence-electron chi connectivity index (χ4n) is 2.54. The minimum absolute atomic E-state index is 0.118. The number of aromatic amines is 1. The van der Waals surface area contributed by atoms with Gasteiger partial charge in [0.1, 0.15) is 17.9 Å². The molecule has 0 bridgehead atoms. The Bertz CT molecular complexity index is 834. The Balaban J connectivity index is 1.91. The number of H-pyrrole nitrogens is 1. The van der Waals surface area contributed by atoms with Crippen LogP contribution in [0.25, 0.3) is 11.0 Å². The van der Waals surface area contributed by atoms with Crippen LogP contribution in [0.3, 0.4) is 0 Å². The summed E-state index contributed by atoms with van der Waals surface area (Å²) in [5.41, 5.74) is 2.59. The van der Waals surface area contributed by atoms with E-state index in [9.17, 15) is 4.79 Å². The highest BCUT2D eigenvalue weighted by atomic mass is 16.5. The van der Waals surface area contributed by atoms with Crippen molar-refractivity contribution in [2.24, 2.45) is 0 Å². The summed E-state index contributed by atoms with van der Waals surface area (Å²) in [6, 6.07) is 15.7. The zero-order chi connectivity index (χ0) is 16.2. The van der Waals surface area contributed by atoms with Gasteiger partial charge in [-0.2, -0.15) is 0 Å². The summed E-state index contributed by atoms with van der Waals surface area (Å²) in [4.78, 5) is 17.3. The molecule has 0 amide bonds. The summed E-state index contributed by atoms with van der Waals surface area (Å²) in [5.74, 6) is 0.716. The third-order valence-electron chi connectivity index (χ3n) is 3.75. The van der Waals surface area contributed by atoms with Gasteiger partial charge in [-0.25, -0.2) is 4.79 Å². The molecule has 0 atom stereocenters. The molecule has 120 valence electrons. The number of hydrogen-bond acceptors (Lipinski definition) is 3. The van der Waals surface area contributed by atoms with Crippen LogP contribution in [0.1, 0.15) is 5.56 Å². The minimum atomic E-state index is -0.118. The van der Waals surface area contributed by atoms with E-state index >= 15 is 0 Å². The molecule has 0 saturated heterocycles. The van der Waals surface area contributed by atoms with Gasteiger partial charge in [0.15, 0.2) is 0 Å². The Morgan fingerprint density at radius 3 is 2.61 bits per heavy atom. The molecule has 2 aromatic carbocycles. The summed E-state index contributed by atoms with van der Waals surface area (Å²) in [5, 5.41) is 0. The monoisotopic (exact) mass is 311 g/mol. The molecule has 0 aliphatic rings. The number of nitrogens with zero attached hydrogens (tertiary/aromatic N) is 2. The SMILES string of the molecule is CN(C)CCOc1cccc2c1[nH]c(=O)n2Cc1ccccc1. The van der Waals surface area contributed by atoms with Gasteiger partial charge in [-0.1, -0.05) is 36.4 Å². The molecular formula is C18H21N3O2. The first-order valence-electron chi connectivity index (χ1n) is 7.68. The molecule has 0 aliphatic heterocycles. The predicted octanol–water partition coefficient (Wildman–Crippen LogP) is 2.32. The highest BCUT2D eigenvalue weighted by Gasteiger charge is 2.11. The Kier molecular flexibility index (Phi) is 4.48. The molecule has 3 aromatic rings. The lowest BCUT2D eigenvalue weighted by Gasteiger charge is -2.11. The van der Waals surface area contributed by atoms with Gasteiger partial charge < -0.3 is 14.6 Å². The highest BCUT2D eigenvalue weighted by molar-refractivity contribution is 5.81. The normalized spacial score (nSPS) is 11.3. The average molecular weight is 311 g/mol. The molecule has 5 nitrogen and oxygen atoms in total. The molecule has 0 spiro atoms. The zero-order valence-corrected chi connectivity index (χ0v) is 13.5. The van der Waals surface area contributed by atoms with Crippen LogP contribution in [-0.2, 0) is 6.54 Å². The van der Waals surface area contributed by atoms with Crippen LogP contribution in [0.5, 0.6) is 5.75 Å². The van der Waals surface area contributed by atoms with Crippen molar-refractivity contribution in [1.29, 1.82) is 0 Å². The van der Waals surface area contributed by atoms with Crippen molar-refractivity contribution in [3.8, 4) is 5.75 Å². The van der Waals surface area contributed by atoms with Crippen molar-refractivity contribution in [2.45, 2.75) is 6.54 Å². The van der Waals surface area contributed by atoms with E-state index in [1.54, 1.807) is 4.57 Å². The molecule has 23 heavy (non-hydrogen) atoms. The fourth-order valence-corrected chi connectivity index (χ4v) is 2.54. The van der Waals surface area contributed by atoms with E-state index in [0.29, 0.717) is 18.9 Å². The van der Waals surface area contributed by atoms with Gasteiger partial charge in [-0.05, 0) is 31.8 Å². The number of ether oxygens (including phenoxy) is 1. The van der Waals surface area contributed by atoms with Crippen molar-refractivity contribution in [3.63, 3.8) is 0 Å². The molecule has 0 unspecified atom stereocenters. The van der Waals surface area contributed by atoms with Gasteiger partial charge in [0.25, 0.3) is 0 Å².